The van der Waals surface area contributed by atoms with Crippen LogP contribution in [-0.2, 0) is 4.74 Å². The molecule has 1 N–H and O–H groups in total. The molecule has 1 unspecified atom stereocenters. The lowest BCUT2D eigenvalue weighted by molar-refractivity contribution is 0.0601. The molecule has 1 aliphatic rings. The molecule has 2 aromatic carbocycles. The molecule has 0 aliphatic carbocycles. The maximum atomic E-state index is 12.0. The zero-order valence-electron chi connectivity index (χ0n) is 17.9. The average molecular weight is 432 g/mol. The monoisotopic (exact) mass is 431 g/mol. The van der Waals surface area contributed by atoms with Crippen LogP contribution in [0.4, 0.5) is 11.4 Å². The summed E-state index contributed by atoms with van der Waals surface area (Å²) >= 11 is 5.94. The lowest BCUT2D eigenvalue weighted by atomic mass is 10.1. The minimum atomic E-state index is -0.342. The van der Waals surface area contributed by atoms with Crippen molar-refractivity contribution in [3.8, 4) is 5.75 Å². The van der Waals surface area contributed by atoms with E-state index in [9.17, 15) is 4.79 Å². The van der Waals surface area contributed by atoms with E-state index in [0.717, 1.165) is 49.8 Å². The molecular formula is C23H30ClN3O3. The molecule has 1 atom stereocenters. The minimum Gasteiger partial charge on any atom is -0.489 e. The number of hydrogen-bond donors (Lipinski definition) is 1. The van der Waals surface area contributed by atoms with Crippen molar-refractivity contribution in [2.45, 2.75) is 20.0 Å². The molecule has 1 saturated heterocycles. The quantitative estimate of drug-likeness (QED) is 0.634. The van der Waals surface area contributed by atoms with E-state index in [1.54, 1.807) is 0 Å². The highest BCUT2D eigenvalue weighted by Crippen LogP contribution is 2.29. The number of ether oxygens (including phenoxy) is 2. The molecule has 1 heterocycles. The number of esters is 1. The zero-order chi connectivity index (χ0) is 21.5. The molecule has 0 aromatic heterocycles. The van der Waals surface area contributed by atoms with Gasteiger partial charge in [0.1, 0.15) is 11.9 Å². The van der Waals surface area contributed by atoms with Gasteiger partial charge in [0.25, 0.3) is 0 Å². The van der Waals surface area contributed by atoms with Crippen LogP contribution in [0.2, 0.25) is 5.02 Å². The molecule has 0 radical (unpaired) electrons. The third-order valence-electron chi connectivity index (χ3n) is 5.31. The molecule has 1 fully saturated rings. The number of anilines is 2. The van der Waals surface area contributed by atoms with Crippen molar-refractivity contribution in [3.05, 3.63) is 53.1 Å². The van der Waals surface area contributed by atoms with Crippen LogP contribution in [0, 0.1) is 0 Å². The molecule has 0 saturated carbocycles. The number of nitrogens with one attached hydrogen (secondary N) is 1. The summed E-state index contributed by atoms with van der Waals surface area (Å²) in [7, 11) is 1.40. The second kappa shape index (κ2) is 10.5. The number of likely N-dealkylation sites (N-methyl/N-ethyl adjacent to an activating group) is 1. The van der Waals surface area contributed by atoms with Crippen LogP contribution >= 0.6 is 11.6 Å². The normalized spacial score (nSPS) is 15.5. The molecular weight excluding hydrogens is 402 g/mol. The predicted octanol–water partition coefficient (Wildman–Crippen LogP) is 4.15. The van der Waals surface area contributed by atoms with Crippen molar-refractivity contribution in [2.24, 2.45) is 0 Å². The van der Waals surface area contributed by atoms with E-state index in [0.29, 0.717) is 17.1 Å². The van der Waals surface area contributed by atoms with E-state index < -0.39 is 0 Å². The van der Waals surface area contributed by atoms with Crippen LogP contribution in [0.25, 0.3) is 0 Å². The molecule has 3 rings (SSSR count). The van der Waals surface area contributed by atoms with Crippen LogP contribution in [0.3, 0.4) is 0 Å². The van der Waals surface area contributed by atoms with Gasteiger partial charge in [-0.15, -0.1) is 0 Å². The number of carbonyl (C=O) groups is 1. The Labute approximate surface area is 183 Å². The number of hydrogen-bond acceptors (Lipinski definition) is 6. The van der Waals surface area contributed by atoms with Crippen molar-refractivity contribution >= 4 is 28.9 Å². The highest BCUT2D eigenvalue weighted by atomic mass is 35.5. The summed E-state index contributed by atoms with van der Waals surface area (Å²) in [4.78, 5) is 16.8. The Morgan fingerprint density at radius 2 is 1.83 bits per heavy atom. The fourth-order valence-electron chi connectivity index (χ4n) is 3.54. The van der Waals surface area contributed by atoms with Gasteiger partial charge < -0.3 is 24.6 Å². The van der Waals surface area contributed by atoms with Crippen LogP contribution in [0.5, 0.6) is 5.75 Å². The summed E-state index contributed by atoms with van der Waals surface area (Å²) in [5.41, 5.74) is 2.54. The first kappa shape index (κ1) is 22.2. The van der Waals surface area contributed by atoms with Gasteiger partial charge in [-0.2, -0.15) is 0 Å². The smallest absolute Gasteiger partial charge is 0.337 e. The van der Waals surface area contributed by atoms with Gasteiger partial charge in [-0.1, -0.05) is 18.5 Å². The number of piperazine rings is 1. The van der Waals surface area contributed by atoms with Gasteiger partial charge in [-0.3, -0.25) is 0 Å². The predicted molar refractivity (Wildman–Crippen MR) is 122 cm³/mol. The highest BCUT2D eigenvalue weighted by molar-refractivity contribution is 6.30. The second-order valence-electron chi connectivity index (χ2n) is 7.41. The highest BCUT2D eigenvalue weighted by Gasteiger charge is 2.20. The first-order chi connectivity index (χ1) is 14.5. The minimum absolute atomic E-state index is 0.0715. The van der Waals surface area contributed by atoms with E-state index in [2.05, 4.69) is 22.0 Å². The maximum Gasteiger partial charge on any atom is 0.337 e. The standard InChI is InChI=1S/C23H30ClN3O3/c1-4-26-11-13-27(14-12-26)22-10-5-18(23(28)29-3)15-21(22)25-16-17(2)30-20-8-6-19(24)7-9-20/h5-10,15,17,25H,4,11-14,16H2,1-3H3. The van der Waals surface area contributed by atoms with E-state index >= 15 is 0 Å². The van der Waals surface area contributed by atoms with Crippen LogP contribution in [-0.4, -0.2) is 63.4 Å². The third-order valence-corrected chi connectivity index (χ3v) is 5.56. The number of methoxy groups -OCH3 is 1. The summed E-state index contributed by atoms with van der Waals surface area (Å²) in [5.74, 6) is 0.429. The number of halogens is 1. The second-order valence-corrected chi connectivity index (χ2v) is 7.84. The number of benzene rings is 2. The van der Waals surface area contributed by atoms with E-state index in [-0.39, 0.29) is 12.1 Å². The van der Waals surface area contributed by atoms with Gasteiger partial charge >= 0.3 is 5.97 Å². The SMILES string of the molecule is CCN1CCN(c2ccc(C(=O)OC)cc2NCC(C)Oc2ccc(Cl)cc2)CC1. The molecule has 0 bridgehead atoms. The van der Waals surface area contributed by atoms with Gasteiger partial charge in [0, 0.05) is 31.2 Å². The Bertz CT molecular complexity index is 836. The van der Waals surface area contributed by atoms with Crippen molar-refractivity contribution < 1.29 is 14.3 Å². The first-order valence-electron chi connectivity index (χ1n) is 10.4. The average Bonchev–Trinajstić information content (AvgIpc) is 2.78. The molecule has 1 aliphatic heterocycles. The summed E-state index contributed by atoms with van der Waals surface area (Å²) in [6.07, 6.45) is -0.0715. The zero-order valence-corrected chi connectivity index (χ0v) is 18.6. The van der Waals surface area contributed by atoms with E-state index in [1.165, 1.54) is 7.11 Å². The molecule has 7 heteroatoms. The lowest BCUT2D eigenvalue weighted by Gasteiger charge is -2.36. The van der Waals surface area contributed by atoms with Crippen LogP contribution in [0.1, 0.15) is 24.2 Å². The Kier molecular flexibility index (Phi) is 7.82. The van der Waals surface area contributed by atoms with Crippen molar-refractivity contribution in [1.82, 2.24) is 4.90 Å². The van der Waals surface area contributed by atoms with Crippen molar-refractivity contribution in [1.29, 1.82) is 0 Å². The summed E-state index contributed by atoms with van der Waals surface area (Å²) < 4.78 is 10.9. The fraction of sp³-hybridized carbons (Fsp3) is 0.435. The molecule has 162 valence electrons. The van der Waals surface area contributed by atoms with Gasteiger partial charge in [0.05, 0.1) is 30.6 Å². The molecule has 0 spiro atoms. The van der Waals surface area contributed by atoms with Crippen LogP contribution < -0.4 is 15.0 Å². The maximum absolute atomic E-state index is 12.0. The Balaban J connectivity index is 1.71. The number of nitrogens with zero attached hydrogens (tertiary/aromatic N) is 2. The van der Waals surface area contributed by atoms with E-state index in [1.807, 2.05) is 49.4 Å². The molecule has 0 amide bonds. The van der Waals surface area contributed by atoms with Gasteiger partial charge in [-0.25, -0.2) is 4.79 Å². The lowest BCUT2D eigenvalue weighted by Crippen LogP contribution is -2.46. The van der Waals surface area contributed by atoms with E-state index in [4.69, 9.17) is 21.1 Å². The summed E-state index contributed by atoms with van der Waals surface area (Å²) in [6, 6.07) is 13.0. The Hall–Kier alpha value is -2.44. The fourth-order valence-corrected chi connectivity index (χ4v) is 3.67. The number of carbonyl (C=O) groups excluding carboxylic acids is 1. The Morgan fingerprint density at radius 1 is 1.13 bits per heavy atom. The van der Waals surface area contributed by atoms with Gasteiger partial charge in [0.15, 0.2) is 0 Å². The topological polar surface area (TPSA) is 54.0 Å². The van der Waals surface area contributed by atoms with Crippen LogP contribution in [0.15, 0.2) is 42.5 Å². The first-order valence-corrected chi connectivity index (χ1v) is 10.7. The third kappa shape index (κ3) is 5.80. The van der Waals surface area contributed by atoms with Gasteiger partial charge in [-0.05, 0) is 55.9 Å². The molecule has 6 nitrogen and oxygen atoms in total. The van der Waals surface area contributed by atoms with Crippen molar-refractivity contribution in [2.75, 3.05) is 56.6 Å². The van der Waals surface area contributed by atoms with Gasteiger partial charge in [0.2, 0.25) is 0 Å². The Morgan fingerprint density at radius 3 is 2.47 bits per heavy atom. The summed E-state index contributed by atoms with van der Waals surface area (Å²) in [5, 5.41) is 4.15. The summed E-state index contributed by atoms with van der Waals surface area (Å²) in [6.45, 7) is 9.83. The number of rotatable bonds is 8. The molecule has 30 heavy (non-hydrogen) atoms. The molecule has 2 aromatic rings. The largest absolute Gasteiger partial charge is 0.489 e. The van der Waals surface area contributed by atoms with Crippen molar-refractivity contribution in [3.63, 3.8) is 0 Å².